The van der Waals surface area contributed by atoms with Gasteiger partial charge >= 0.3 is 0 Å². The minimum atomic E-state index is -1.98. The van der Waals surface area contributed by atoms with Gasteiger partial charge in [-0.2, -0.15) is 0 Å². The van der Waals surface area contributed by atoms with Gasteiger partial charge in [0.2, 0.25) is 0 Å². The Balaban J connectivity index is 0. The van der Waals surface area contributed by atoms with Crippen molar-refractivity contribution in [2.24, 2.45) is 11.7 Å². The molecule has 2 nitrogen and oxygen atoms in total. The van der Waals surface area contributed by atoms with E-state index in [0.29, 0.717) is 27.5 Å². The molecule has 0 radical (unpaired) electrons. The molecule has 0 aromatic rings. The summed E-state index contributed by atoms with van der Waals surface area (Å²) in [4.78, 5) is 11.0. The van der Waals surface area contributed by atoms with E-state index in [1.807, 2.05) is 6.92 Å². The van der Waals surface area contributed by atoms with E-state index >= 15 is 0 Å². The molecule has 5 heteroatoms. The van der Waals surface area contributed by atoms with Gasteiger partial charge < -0.3 is 10.5 Å². The number of halogens is 1. The van der Waals surface area contributed by atoms with Crippen LogP contribution in [0.25, 0.3) is 0 Å². The van der Waals surface area contributed by atoms with Gasteiger partial charge in [0.25, 0.3) is 0 Å². The second-order valence-corrected chi connectivity index (χ2v) is 13.8. The minimum Gasteiger partial charge on any atom is -0.431 e. The number of nitrogens with two attached hydrogens (primary N) is 1. The first-order valence-electron chi connectivity index (χ1n) is 7.70. The third-order valence-corrected chi connectivity index (χ3v) is 9.79. The van der Waals surface area contributed by atoms with Crippen molar-refractivity contribution in [3.8, 4) is 0 Å². The zero-order valence-corrected chi connectivity index (χ0v) is 18.3. The first-order chi connectivity index (χ1) is 9.35. The van der Waals surface area contributed by atoms with Crippen molar-refractivity contribution in [2.75, 3.05) is 0 Å². The topological polar surface area (TPSA) is 46.2 Å². The first-order valence-corrected chi connectivity index (χ1v) is 11.1. The molecule has 21 heavy (non-hydrogen) atoms. The van der Waals surface area contributed by atoms with Crippen LogP contribution in [0.4, 0.5) is 0 Å². The molecule has 0 rings (SSSR count). The van der Waals surface area contributed by atoms with Crippen LogP contribution >= 0.6 is 28.1 Å². The van der Waals surface area contributed by atoms with Crippen LogP contribution in [-0.2, 0) is 0 Å². The molecule has 0 aliphatic heterocycles. The normalized spacial score (nSPS) is 14.2. The third kappa shape index (κ3) is 9.82. The van der Waals surface area contributed by atoms with Crippen molar-refractivity contribution in [3.63, 3.8) is 0 Å². The molecule has 0 amide bonds. The summed E-state index contributed by atoms with van der Waals surface area (Å²) in [7, 11) is -1.98. The van der Waals surface area contributed by atoms with Gasteiger partial charge in [-0.3, -0.25) is 0 Å². The Kier molecular flexibility index (Phi) is 12.2. The van der Waals surface area contributed by atoms with E-state index in [9.17, 15) is 4.80 Å². The van der Waals surface area contributed by atoms with Crippen LogP contribution in [0.3, 0.4) is 0 Å². The number of allylic oxidation sites excluding steroid dienone is 2. The van der Waals surface area contributed by atoms with Crippen molar-refractivity contribution >= 4 is 41.5 Å². The van der Waals surface area contributed by atoms with Crippen LogP contribution in [0, 0.1) is 5.92 Å². The fourth-order valence-corrected chi connectivity index (χ4v) is 7.48. The lowest BCUT2D eigenvalue weighted by Crippen LogP contribution is -2.44. The summed E-state index contributed by atoms with van der Waals surface area (Å²) in [6.07, 6.45) is 2.89. The van der Waals surface area contributed by atoms with Crippen molar-refractivity contribution in [2.45, 2.75) is 78.4 Å². The molecule has 126 valence electrons. The molecule has 0 aromatic heterocycles. The van der Waals surface area contributed by atoms with Gasteiger partial charge in [-0.05, 0) is 33.9 Å². The summed E-state index contributed by atoms with van der Waals surface area (Å²) < 4.78 is 1.14. The highest BCUT2D eigenvalue weighted by atomic mass is 79.9. The van der Waals surface area contributed by atoms with Gasteiger partial charge in [-0.25, -0.2) is 0 Å². The molecule has 0 spiro atoms. The third-order valence-electron chi connectivity index (χ3n) is 3.81. The van der Waals surface area contributed by atoms with Crippen molar-refractivity contribution in [3.05, 3.63) is 10.6 Å². The Morgan fingerprint density at radius 1 is 1.10 bits per heavy atom. The summed E-state index contributed by atoms with van der Waals surface area (Å²) in [5, 5.41) is 0. The zero-order chi connectivity index (χ0) is 17.4. The zero-order valence-electron chi connectivity index (χ0n) is 14.9. The van der Waals surface area contributed by atoms with Gasteiger partial charge in [0, 0.05) is 6.42 Å². The molecule has 0 aromatic carbocycles. The predicted octanol–water partition coefficient (Wildman–Crippen LogP) is 5.75. The number of thiocarbonyl (C=S) groups is 1. The maximum Gasteiger partial charge on any atom is 0.196 e. The van der Waals surface area contributed by atoms with E-state index in [1.165, 1.54) is 0 Å². The van der Waals surface area contributed by atoms with Gasteiger partial charge in [0.05, 0.1) is 4.99 Å². The first kappa shape index (κ1) is 23.6. The second-order valence-electron chi connectivity index (χ2n) is 6.75. The lowest BCUT2D eigenvalue weighted by atomic mass is 10.1. The number of rotatable bonds is 6. The molecule has 0 aliphatic rings. The summed E-state index contributed by atoms with van der Waals surface area (Å²) in [5.41, 5.74) is 6.78. The van der Waals surface area contributed by atoms with Gasteiger partial charge in [0.1, 0.15) is 0 Å². The summed E-state index contributed by atoms with van der Waals surface area (Å²) in [6, 6.07) is 0. The van der Waals surface area contributed by atoms with Crippen LogP contribution in [-0.4, -0.2) is 18.1 Å². The Morgan fingerprint density at radius 3 is 1.57 bits per heavy atom. The van der Waals surface area contributed by atoms with Gasteiger partial charge in [-0.1, -0.05) is 82.7 Å². The van der Waals surface area contributed by atoms with E-state index in [-0.39, 0.29) is 0 Å². The molecule has 0 aliphatic carbocycles. The molecular weight excluding hydrogens is 362 g/mol. The van der Waals surface area contributed by atoms with Crippen LogP contribution < -0.4 is 5.73 Å². The maximum absolute atomic E-state index is 10.4. The molecule has 0 unspecified atom stereocenters. The monoisotopic (exact) mass is 395 g/mol. The number of hydrogen-bond donors (Lipinski definition) is 2. The Morgan fingerprint density at radius 2 is 1.43 bits per heavy atom. The Labute approximate surface area is 146 Å². The highest BCUT2D eigenvalue weighted by molar-refractivity contribution is 9.11. The lowest BCUT2D eigenvalue weighted by molar-refractivity contribution is 0.474. The highest BCUT2D eigenvalue weighted by Gasteiger charge is 2.41. The second kappa shape index (κ2) is 10.9. The highest BCUT2D eigenvalue weighted by Crippen LogP contribution is 2.38. The van der Waals surface area contributed by atoms with Gasteiger partial charge in [0.15, 0.2) is 8.32 Å². The quantitative estimate of drug-likeness (QED) is 0.444. The van der Waals surface area contributed by atoms with Crippen LogP contribution in [0.15, 0.2) is 10.6 Å². The molecule has 0 heterocycles. The molecule has 3 N–H and O–H groups in total. The molecule has 0 saturated heterocycles. The van der Waals surface area contributed by atoms with Crippen LogP contribution in [0.5, 0.6) is 0 Å². The largest absolute Gasteiger partial charge is 0.431 e. The lowest BCUT2D eigenvalue weighted by Gasteiger charge is -2.36. The van der Waals surface area contributed by atoms with Crippen molar-refractivity contribution in [1.82, 2.24) is 0 Å². The van der Waals surface area contributed by atoms with Crippen molar-refractivity contribution < 1.29 is 4.80 Å². The van der Waals surface area contributed by atoms with E-state index in [1.54, 1.807) is 0 Å². The standard InChI is InChI=1S/C9H22OSi.C7H12BrNS/c1-7(2)11(10,8(3)4)9(5)6;1-5(3-6(2)8)4-7(9)10/h7-10H,1-6H3;3,5H,4H2,1-2H3,(H2,9,10)/b;6-3+/t;5-/m.0/s1. The SMILES string of the molecule is C/C(Br)=C\[C@H](C)CC(N)=S.CC(C)[Si](O)(C(C)C)C(C)C. The average Bonchev–Trinajstić information content (AvgIpc) is 2.25. The maximum atomic E-state index is 10.4. The smallest absolute Gasteiger partial charge is 0.196 e. The fourth-order valence-electron chi connectivity index (χ4n) is 2.77. The molecule has 1 atom stereocenters. The average molecular weight is 397 g/mol. The van der Waals surface area contributed by atoms with E-state index in [0.717, 1.165) is 10.9 Å². The molecule has 0 fully saturated rings. The molecule has 0 saturated carbocycles. The predicted molar refractivity (Wildman–Crippen MR) is 107 cm³/mol. The molecule has 0 bridgehead atoms. The Bertz CT molecular complexity index is 317. The Hall–Kier alpha value is 0.287. The van der Waals surface area contributed by atoms with E-state index in [2.05, 4.69) is 70.5 Å². The van der Waals surface area contributed by atoms with Gasteiger partial charge in [-0.15, -0.1) is 0 Å². The summed E-state index contributed by atoms with van der Waals surface area (Å²) >= 11 is 8.10. The number of hydrogen-bond acceptors (Lipinski definition) is 2. The molecular formula is C16H34BrNOSSi. The summed E-state index contributed by atoms with van der Waals surface area (Å²) in [6.45, 7) is 17.0. The fraction of sp³-hybridized carbons (Fsp3) is 0.812. The van der Waals surface area contributed by atoms with E-state index < -0.39 is 8.32 Å². The van der Waals surface area contributed by atoms with E-state index in [4.69, 9.17) is 18.0 Å². The summed E-state index contributed by atoms with van der Waals surface area (Å²) in [5.74, 6) is 0.442. The van der Waals surface area contributed by atoms with Crippen LogP contribution in [0.1, 0.15) is 61.8 Å². The van der Waals surface area contributed by atoms with Crippen molar-refractivity contribution in [1.29, 1.82) is 0 Å². The minimum absolute atomic E-state index is 0.442. The van der Waals surface area contributed by atoms with Crippen LogP contribution in [0.2, 0.25) is 16.6 Å².